The van der Waals surface area contributed by atoms with E-state index in [0.717, 1.165) is 38.6 Å². The highest BCUT2D eigenvalue weighted by molar-refractivity contribution is 5.68. The van der Waals surface area contributed by atoms with Gasteiger partial charge < -0.3 is 5.11 Å². The SMILES string of the molecule is CCc1ccc(CN(C)C2(CC(=O)O)CCCCC2)cc1. The van der Waals surface area contributed by atoms with E-state index in [9.17, 15) is 9.90 Å². The summed E-state index contributed by atoms with van der Waals surface area (Å²) in [5, 5.41) is 9.29. The standard InChI is InChI=1S/C18H27NO2/c1-3-15-7-9-16(10-8-15)14-19(2)18(13-17(20)21)11-5-4-6-12-18/h7-10H,3-6,11-14H2,1-2H3,(H,20,21). The molecule has 1 N–H and O–H groups in total. The molecule has 2 rings (SSSR count). The fraction of sp³-hybridized carbons (Fsp3) is 0.611. The van der Waals surface area contributed by atoms with E-state index in [-0.39, 0.29) is 12.0 Å². The highest BCUT2D eigenvalue weighted by Crippen LogP contribution is 2.36. The Hall–Kier alpha value is -1.35. The molecular formula is C18H27NO2. The Morgan fingerprint density at radius 2 is 1.71 bits per heavy atom. The Balaban J connectivity index is 2.09. The zero-order valence-corrected chi connectivity index (χ0v) is 13.3. The Labute approximate surface area is 128 Å². The summed E-state index contributed by atoms with van der Waals surface area (Å²) in [7, 11) is 2.09. The molecule has 1 saturated carbocycles. The number of carbonyl (C=O) groups is 1. The summed E-state index contributed by atoms with van der Waals surface area (Å²) in [5.41, 5.74) is 2.46. The van der Waals surface area contributed by atoms with Gasteiger partial charge in [-0.1, -0.05) is 50.5 Å². The molecule has 3 nitrogen and oxygen atoms in total. The number of benzene rings is 1. The van der Waals surface area contributed by atoms with E-state index >= 15 is 0 Å². The summed E-state index contributed by atoms with van der Waals surface area (Å²) in [6, 6.07) is 8.70. The van der Waals surface area contributed by atoms with Crippen LogP contribution in [0.5, 0.6) is 0 Å². The van der Waals surface area contributed by atoms with Gasteiger partial charge in [-0.2, -0.15) is 0 Å². The lowest BCUT2D eigenvalue weighted by Crippen LogP contribution is -2.49. The van der Waals surface area contributed by atoms with Gasteiger partial charge in [0.15, 0.2) is 0 Å². The molecule has 21 heavy (non-hydrogen) atoms. The number of hydrogen-bond donors (Lipinski definition) is 1. The summed E-state index contributed by atoms with van der Waals surface area (Å²) in [4.78, 5) is 13.6. The van der Waals surface area contributed by atoms with Gasteiger partial charge in [0.05, 0.1) is 6.42 Å². The second kappa shape index (κ2) is 7.08. The Morgan fingerprint density at radius 1 is 1.14 bits per heavy atom. The first kappa shape index (κ1) is 16.0. The van der Waals surface area contributed by atoms with Crippen LogP contribution in [0.25, 0.3) is 0 Å². The molecule has 0 saturated heterocycles. The number of carboxylic acids is 1. The Morgan fingerprint density at radius 3 is 2.24 bits per heavy atom. The quantitative estimate of drug-likeness (QED) is 0.864. The average Bonchev–Trinajstić information content (AvgIpc) is 2.48. The van der Waals surface area contributed by atoms with Gasteiger partial charge >= 0.3 is 5.97 Å². The highest BCUT2D eigenvalue weighted by Gasteiger charge is 2.37. The molecule has 116 valence electrons. The van der Waals surface area contributed by atoms with Crippen LogP contribution < -0.4 is 0 Å². The van der Waals surface area contributed by atoms with Gasteiger partial charge in [-0.15, -0.1) is 0 Å². The monoisotopic (exact) mass is 289 g/mol. The summed E-state index contributed by atoms with van der Waals surface area (Å²) in [6.45, 7) is 2.99. The van der Waals surface area contributed by atoms with Crippen molar-refractivity contribution in [3.63, 3.8) is 0 Å². The first-order chi connectivity index (χ1) is 10.1. The van der Waals surface area contributed by atoms with Crippen molar-refractivity contribution in [1.82, 2.24) is 4.90 Å². The van der Waals surface area contributed by atoms with E-state index in [2.05, 4.69) is 43.1 Å². The van der Waals surface area contributed by atoms with Gasteiger partial charge in [0.1, 0.15) is 0 Å². The topological polar surface area (TPSA) is 40.5 Å². The molecule has 1 aliphatic carbocycles. The zero-order chi connectivity index (χ0) is 15.3. The number of aliphatic carboxylic acids is 1. The molecule has 0 radical (unpaired) electrons. The van der Waals surface area contributed by atoms with E-state index in [1.807, 2.05) is 0 Å². The summed E-state index contributed by atoms with van der Waals surface area (Å²) < 4.78 is 0. The van der Waals surface area contributed by atoms with Crippen LogP contribution in [-0.4, -0.2) is 28.6 Å². The molecular weight excluding hydrogens is 262 g/mol. The van der Waals surface area contributed by atoms with E-state index in [1.165, 1.54) is 17.5 Å². The summed E-state index contributed by atoms with van der Waals surface area (Å²) in [6.07, 6.45) is 6.85. The van der Waals surface area contributed by atoms with Gasteiger partial charge in [-0.05, 0) is 37.4 Å². The van der Waals surface area contributed by atoms with Crippen molar-refractivity contribution in [2.45, 2.75) is 64.0 Å². The van der Waals surface area contributed by atoms with Crippen LogP contribution in [-0.2, 0) is 17.8 Å². The van der Waals surface area contributed by atoms with Crippen molar-refractivity contribution >= 4 is 5.97 Å². The number of aryl methyl sites for hydroxylation is 1. The number of carboxylic acid groups (broad SMARTS) is 1. The minimum atomic E-state index is -0.676. The van der Waals surface area contributed by atoms with Crippen molar-refractivity contribution in [3.8, 4) is 0 Å². The third-order valence-electron chi connectivity index (χ3n) is 4.93. The third-order valence-corrected chi connectivity index (χ3v) is 4.93. The van der Waals surface area contributed by atoms with Gasteiger partial charge in [0, 0.05) is 12.1 Å². The largest absolute Gasteiger partial charge is 0.481 e. The fourth-order valence-corrected chi connectivity index (χ4v) is 3.51. The number of rotatable bonds is 6. The van der Waals surface area contributed by atoms with E-state index < -0.39 is 5.97 Å². The van der Waals surface area contributed by atoms with Crippen molar-refractivity contribution < 1.29 is 9.90 Å². The molecule has 0 bridgehead atoms. The van der Waals surface area contributed by atoms with Crippen LogP contribution in [0.3, 0.4) is 0 Å². The molecule has 0 spiro atoms. The van der Waals surface area contributed by atoms with Crippen LogP contribution in [0, 0.1) is 0 Å². The summed E-state index contributed by atoms with van der Waals surface area (Å²) in [5.74, 6) is -0.676. The van der Waals surface area contributed by atoms with Crippen molar-refractivity contribution in [2.24, 2.45) is 0 Å². The van der Waals surface area contributed by atoms with Crippen molar-refractivity contribution in [2.75, 3.05) is 7.05 Å². The molecule has 0 aromatic heterocycles. The molecule has 0 heterocycles. The Bertz CT molecular complexity index is 461. The second-order valence-corrected chi connectivity index (χ2v) is 6.38. The lowest BCUT2D eigenvalue weighted by molar-refractivity contribution is -0.141. The maximum atomic E-state index is 11.3. The number of hydrogen-bond acceptors (Lipinski definition) is 2. The molecule has 0 aliphatic heterocycles. The smallest absolute Gasteiger partial charge is 0.305 e. The third kappa shape index (κ3) is 4.07. The van der Waals surface area contributed by atoms with E-state index in [4.69, 9.17) is 0 Å². The molecule has 1 aromatic carbocycles. The van der Waals surface area contributed by atoms with E-state index in [1.54, 1.807) is 0 Å². The van der Waals surface area contributed by atoms with Crippen LogP contribution in [0.2, 0.25) is 0 Å². The minimum Gasteiger partial charge on any atom is -0.481 e. The van der Waals surface area contributed by atoms with Gasteiger partial charge in [0.2, 0.25) is 0 Å². The first-order valence-corrected chi connectivity index (χ1v) is 8.06. The van der Waals surface area contributed by atoms with Crippen molar-refractivity contribution in [3.05, 3.63) is 35.4 Å². The maximum Gasteiger partial charge on any atom is 0.305 e. The summed E-state index contributed by atoms with van der Waals surface area (Å²) >= 11 is 0. The molecule has 0 unspecified atom stereocenters. The van der Waals surface area contributed by atoms with Gasteiger partial charge in [-0.25, -0.2) is 0 Å². The van der Waals surface area contributed by atoms with E-state index in [0.29, 0.717) is 0 Å². The predicted octanol–water partition coefficient (Wildman–Crippen LogP) is 3.86. The lowest BCUT2D eigenvalue weighted by Gasteiger charge is -2.44. The minimum absolute atomic E-state index is 0.159. The fourth-order valence-electron chi connectivity index (χ4n) is 3.51. The van der Waals surface area contributed by atoms with Crippen molar-refractivity contribution in [1.29, 1.82) is 0 Å². The molecule has 1 fully saturated rings. The molecule has 0 amide bonds. The van der Waals surface area contributed by atoms with Crippen LogP contribution in [0.1, 0.15) is 56.6 Å². The number of nitrogens with zero attached hydrogens (tertiary/aromatic N) is 1. The molecule has 1 aliphatic rings. The average molecular weight is 289 g/mol. The predicted molar refractivity (Wildman–Crippen MR) is 85.4 cm³/mol. The normalized spacial score (nSPS) is 17.9. The first-order valence-electron chi connectivity index (χ1n) is 8.06. The highest BCUT2D eigenvalue weighted by atomic mass is 16.4. The van der Waals surface area contributed by atoms with Crippen LogP contribution in [0.15, 0.2) is 24.3 Å². The molecule has 1 aromatic rings. The maximum absolute atomic E-state index is 11.3. The second-order valence-electron chi connectivity index (χ2n) is 6.38. The lowest BCUT2D eigenvalue weighted by atomic mass is 9.78. The molecule has 3 heteroatoms. The van der Waals surface area contributed by atoms with Gasteiger partial charge in [0.25, 0.3) is 0 Å². The zero-order valence-electron chi connectivity index (χ0n) is 13.3. The van der Waals surface area contributed by atoms with Gasteiger partial charge in [-0.3, -0.25) is 9.69 Å². The van der Waals surface area contributed by atoms with Crippen LogP contribution in [0.4, 0.5) is 0 Å². The van der Waals surface area contributed by atoms with Crippen LogP contribution >= 0.6 is 0 Å². The molecule has 0 atom stereocenters. The Kier molecular flexibility index (Phi) is 5.40.